The Bertz CT molecular complexity index is 454. The van der Waals surface area contributed by atoms with Crippen LogP contribution in [0.5, 0.6) is 0 Å². The molecule has 0 bridgehead atoms. The minimum atomic E-state index is -2.95. The predicted molar refractivity (Wildman–Crippen MR) is 55.7 cm³/mol. The van der Waals surface area contributed by atoms with Crippen molar-refractivity contribution >= 4 is 9.84 Å². The van der Waals surface area contributed by atoms with Crippen LogP contribution in [0.1, 0.15) is 30.5 Å². The van der Waals surface area contributed by atoms with Gasteiger partial charge in [-0.3, -0.25) is 0 Å². The molecule has 0 aromatic carbocycles. The summed E-state index contributed by atoms with van der Waals surface area (Å²) in [6.07, 6.45) is 1.74. The third-order valence-corrected chi connectivity index (χ3v) is 4.46. The molecular weight excluding hydrogens is 232 g/mol. The van der Waals surface area contributed by atoms with Gasteiger partial charge in [-0.2, -0.15) is 4.98 Å². The normalized spacial score (nSPS) is 24.4. The molecule has 0 saturated carbocycles. The summed E-state index contributed by atoms with van der Waals surface area (Å²) in [7, 11) is -2.95. The Hall–Kier alpha value is -0.950. The van der Waals surface area contributed by atoms with Crippen molar-refractivity contribution in [2.75, 3.05) is 18.1 Å². The zero-order chi connectivity index (χ0) is 11.6. The quantitative estimate of drug-likeness (QED) is 0.800. The summed E-state index contributed by atoms with van der Waals surface area (Å²) >= 11 is 0. The summed E-state index contributed by atoms with van der Waals surface area (Å²) in [5.74, 6) is 1.01. The van der Waals surface area contributed by atoms with Crippen LogP contribution in [-0.2, 0) is 16.3 Å². The number of nitrogens with zero attached hydrogens (tertiary/aromatic N) is 2. The number of aliphatic hydroxyl groups excluding tert-OH is 1. The third-order valence-electron chi connectivity index (χ3n) is 2.64. The summed E-state index contributed by atoms with van der Waals surface area (Å²) in [6.45, 7) is -0.0510. The van der Waals surface area contributed by atoms with Gasteiger partial charge in [0.15, 0.2) is 15.7 Å². The Morgan fingerprint density at radius 1 is 1.50 bits per heavy atom. The molecule has 90 valence electrons. The first-order valence-corrected chi connectivity index (χ1v) is 7.06. The average Bonchev–Trinajstić information content (AvgIpc) is 2.65. The molecule has 1 aromatic heterocycles. The largest absolute Gasteiger partial charge is 0.396 e. The third kappa shape index (κ3) is 2.59. The van der Waals surface area contributed by atoms with Gasteiger partial charge < -0.3 is 9.63 Å². The Labute approximate surface area is 93.6 Å². The molecule has 2 rings (SSSR count). The van der Waals surface area contributed by atoms with Crippen LogP contribution in [-0.4, -0.2) is 41.8 Å². The van der Waals surface area contributed by atoms with Gasteiger partial charge in [-0.05, 0) is 12.8 Å². The van der Waals surface area contributed by atoms with Crippen LogP contribution in [0.15, 0.2) is 4.52 Å². The monoisotopic (exact) mass is 246 g/mol. The highest BCUT2D eigenvalue weighted by Crippen LogP contribution is 2.26. The SMILES string of the molecule is O=S1(=O)CCCC(c2noc(CCO)n2)C1. The van der Waals surface area contributed by atoms with E-state index in [4.69, 9.17) is 9.63 Å². The maximum Gasteiger partial charge on any atom is 0.228 e. The molecule has 6 nitrogen and oxygen atoms in total. The molecule has 0 spiro atoms. The molecule has 7 heteroatoms. The van der Waals surface area contributed by atoms with Crippen molar-refractivity contribution in [1.82, 2.24) is 10.1 Å². The molecule has 1 fully saturated rings. The van der Waals surface area contributed by atoms with Crippen LogP contribution in [0.3, 0.4) is 0 Å². The van der Waals surface area contributed by atoms with E-state index in [0.29, 0.717) is 24.6 Å². The van der Waals surface area contributed by atoms with Crippen molar-refractivity contribution in [1.29, 1.82) is 0 Å². The first-order valence-electron chi connectivity index (χ1n) is 5.24. The maximum atomic E-state index is 11.4. The van der Waals surface area contributed by atoms with Crippen LogP contribution < -0.4 is 0 Å². The van der Waals surface area contributed by atoms with Gasteiger partial charge in [0.05, 0.1) is 24.5 Å². The molecule has 1 aliphatic heterocycles. The Morgan fingerprint density at radius 2 is 2.31 bits per heavy atom. The van der Waals surface area contributed by atoms with Crippen LogP contribution in [0.2, 0.25) is 0 Å². The molecule has 0 aliphatic carbocycles. The molecule has 1 atom stereocenters. The topological polar surface area (TPSA) is 93.3 Å². The minimum Gasteiger partial charge on any atom is -0.396 e. The summed E-state index contributed by atoms with van der Waals surface area (Å²) in [5.41, 5.74) is 0. The van der Waals surface area contributed by atoms with Gasteiger partial charge in [-0.1, -0.05) is 5.16 Å². The first-order chi connectivity index (χ1) is 7.61. The zero-order valence-corrected chi connectivity index (χ0v) is 9.61. The molecule has 2 heterocycles. The van der Waals surface area contributed by atoms with E-state index >= 15 is 0 Å². The highest BCUT2D eigenvalue weighted by Gasteiger charge is 2.29. The van der Waals surface area contributed by atoms with Gasteiger partial charge >= 0.3 is 0 Å². The van der Waals surface area contributed by atoms with Crippen molar-refractivity contribution < 1.29 is 18.0 Å². The predicted octanol–water partition coefficient (Wildman–Crippen LogP) is -0.103. The molecule has 0 radical (unpaired) electrons. The number of sulfone groups is 1. The van der Waals surface area contributed by atoms with E-state index in [1.807, 2.05) is 0 Å². The van der Waals surface area contributed by atoms with E-state index < -0.39 is 9.84 Å². The summed E-state index contributed by atoms with van der Waals surface area (Å²) in [6, 6.07) is 0. The molecule has 1 aromatic rings. The smallest absolute Gasteiger partial charge is 0.228 e. The lowest BCUT2D eigenvalue weighted by Gasteiger charge is -2.18. The Kier molecular flexibility index (Phi) is 3.25. The number of hydrogen-bond donors (Lipinski definition) is 1. The average molecular weight is 246 g/mol. The number of hydrogen-bond acceptors (Lipinski definition) is 6. The first kappa shape index (κ1) is 11.5. The molecule has 16 heavy (non-hydrogen) atoms. The fourth-order valence-electron chi connectivity index (χ4n) is 1.86. The fourth-order valence-corrected chi connectivity index (χ4v) is 3.56. The van der Waals surface area contributed by atoms with Gasteiger partial charge in [0, 0.05) is 5.92 Å². The number of rotatable bonds is 3. The van der Waals surface area contributed by atoms with Crippen LogP contribution in [0.25, 0.3) is 0 Å². The van der Waals surface area contributed by atoms with E-state index in [1.54, 1.807) is 0 Å². The molecule has 1 saturated heterocycles. The van der Waals surface area contributed by atoms with Crippen LogP contribution >= 0.6 is 0 Å². The van der Waals surface area contributed by atoms with Crippen molar-refractivity contribution in [3.63, 3.8) is 0 Å². The van der Waals surface area contributed by atoms with E-state index in [9.17, 15) is 8.42 Å². The second-order valence-electron chi connectivity index (χ2n) is 3.97. The molecular formula is C9H14N2O4S. The van der Waals surface area contributed by atoms with Gasteiger partial charge in [-0.25, -0.2) is 8.42 Å². The summed E-state index contributed by atoms with van der Waals surface area (Å²) < 4.78 is 27.8. The Morgan fingerprint density at radius 3 is 3.00 bits per heavy atom. The van der Waals surface area contributed by atoms with Crippen molar-refractivity contribution in [2.24, 2.45) is 0 Å². The van der Waals surface area contributed by atoms with E-state index in [0.717, 1.165) is 6.42 Å². The Balaban J connectivity index is 2.11. The lowest BCUT2D eigenvalue weighted by atomic mass is 10.1. The summed E-state index contributed by atoms with van der Waals surface area (Å²) in [4.78, 5) is 4.09. The van der Waals surface area contributed by atoms with Gasteiger partial charge in [0.2, 0.25) is 5.89 Å². The lowest BCUT2D eigenvalue weighted by molar-refractivity contribution is 0.273. The van der Waals surface area contributed by atoms with E-state index in [-0.39, 0.29) is 24.0 Å². The van der Waals surface area contributed by atoms with Gasteiger partial charge in [0.25, 0.3) is 0 Å². The molecule has 1 unspecified atom stereocenters. The van der Waals surface area contributed by atoms with E-state index in [2.05, 4.69) is 10.1 Å². The van der Waals surface area contributed by atoms with E-state index in [1.165, 1.54) is 0 Å². The molecule has 1 N–H and O–H groups in total. The van der Waals surface area contributed by atoms with Crippen LogP contribution in [0.4, 0.5) is 0 Å². The molecule has 0 amide bonds. The molecule has 1 aliphatic rings. The standard InChI is InChI=1S/C9H14N2O4S/c12-4-3-8-10-9(11-15-8)7-2-1-5-16(13,14)6-7/h7,12H,1-6H2. The van der Waals surface area contributed by atoms with Crippen LogP contribution in [0, 0.1) is 0 Å². The number of aromatic nitrogens is 2. The van der Waals surface area contributed by atoms with Crippen molar-refractivity contribution in [2.45, 2.75) is 25.2 Å². The highest BCUT2D eigenvalue weighted by molar-refractivity contribution is 7.91. The van der Waals surface area contributed by atoms with Crippen molar-refractivity contribution in [3.05, 3.63) is 11.7 Å². The second kappa shape index (κ2) is 4.50. The van der Waals surface area contributed by atoms with Gasteiger partial charge in [-0.15, -0.1) is 0 Å². The summed E-state index contributed by atoms with van der Waals surface area (Å²) in [5, 5.41) is 12.5. The maximum absolute atomic E-state index is 11.4. The van der Waals surface area contributed by atoms with Gasteiger partial charge in [0.1, 0.15) is 0 Å². The highest BCUT2D eigenvalue weighted by atomic mass is 32.2. The number of aliphatic hydroxyl groups is 1. The lowest BCUT2D eigenvalue weighted by Crippen LogP contribution is -2.24. The van der Waals surface area contributed by atoms with Crippen molar-refractivity contribution in [3.8, 4) is 0 Å². The zero-order valence-electron chi connectivity index (χ0n) is 8.79. The fraction of sp³-hybridized carbons (Fsp3) is 0.778. The second-order valence-corrected chi connectivity index (χ2v) is 6.20. The minimum absolute atomic E-state index is 0.0510.